The molecule has 0 unspecified atom stereocenters. The molecule has 2 aromatic rings. The van der Waals surface area contributed by atoms with Gasteiger partial charge in [0.1, 0.15) is 48.8 Å². The smallest absolute Gasteiger partial charge is 0.232 e. The third-order valence-corrected chi connectivity index (χ3v) is 9.49. The number of aromatic hydroxyl groups is 1. The molecular weight excluding hydrogens is 656 g/mol. The lowest BCUT2D eigenvalue weighted by Crippen LogP contribution is -2.61. The number of hydrogen-bond acceptors (Lipinski definition) is 17. The number of aliphatic hydroxyl groups excluding tert-OH is 7. The fourth-order valence-corrected chi connectivity index (χ4v) is 6.66. The van der Waals surface area contributed by atoms with Crippen LogP contribution < -0.4 is 14.4 Å². The molecule has 4 fully saturated rings. The normalized spacial score (nSPS) is 39.0. The van der Waals surface area contributed by atoms with Crippen LogP contribution in [0.15, 0.2) is 36.4 Å². The van der Waals surface area contributed by atoms with Crippen LogP contribution in [0.5, 0.6) is 23.0 Å². The first-order valence-corrected chi connectivity index (χ1v) is 15.8. The zero-order chi connectivity index (χ0) is 35.0. The van der Waals surface area contributed by atoms with E-state index in [9.17, 15) is 40.9 Å². The van der Waals surface area contributed by atoms with Crippen molar-refractivity contribution in [3.63, 3.8) is 0 Å². The van der Waals surface area contributed by atoms with Gasteiger partial charge in [-0.1, -0.05) is 12.1 Å². The van der Waals surface area contributed by atoms with E-state index in [0.717, 1.165) is 11.1 Å². The molecule has 4 saturated heterocycles. The van der Waals surface area contributed by atoms with Crippen molar-refractivity contribution in [1.29, 1.82) is 0 Å². The molecule has 49 heavy (non-hydrogen) atoms. The number of phenols is 1. The Morgan fingerprint density at radius 1 is 0.653 bits per heavy atom. The first kappa shape index (κ1) is 35.9. The highest BCUT2D eigenvalue weighted by atomic mass is 17.2. The van der Waals surface area contributed by atoms with Crippen LogP contribution in [0.3, 0.4) is 0 Å². The van der Waals surface area contributed by atoms with E-state index in [0.29, 0.717) is 19.0 Å². The zero-order valence-electron chi connectivity index (χ0n) is 26.6. The highest BCUT2D eigenvalue weighted by Gasteiger charge is 2.50. The average Bonchev–Trinajstić information content (AvgIpc) is 3.73. The van der Waals surface area contributed by atoms with Crippen LogP contribution in [0.2, 0.25) is 0 Å². The Kier molecular flexibility index (Phi) is 11.1. The minimum atomic E-state index is -1.76. The third kappa shape index (κ3) is 7.05. The van der Waals surface area contributed by atoms with Crippen LogP contribution in [0.25, 0.3) is 0 Å². The Hall–Kier alpha value is -2.88. The monoisotopic (exact) mass is 698 g/mol. The molecular formula is C32H42O17. The Bertz CT molecular complexity index is 1410. The summed E-state index contributed by atoms with van der Waals surface area (Å²) in [5.41, 5.74) is 1.67. The fraction of sp³-hybridized carbons (Fsp3) is 0.625. The molecule has 6 rings (SSSR count). The van der Waals surface area contributed by atoms with Gasteiger partial charge in [0.2, 0.25) is 12.0 Å². The van der Waals surface area contributed by atoms with Gasteiger partial charge >= 0.3 is 0 Å². The van der Waals surface area contributed by atoms with E-state index in [2.05, 4.69) is 0 Å². The second-order valence-corrected chi connectivity index (χ2v) is 12.4. The van der Waals surface area contributed by atoms with Gasteiger partial charge in [-0.15, -0.1) is 0 Å². The maximum Gasteiger partial charge on any atom is 0.232 e. The van der Waals surface area contributed by atoms with Gasteiger partial charge in [0.25, 0.3) is 0 Å². The van der Waals surface area contributed by atoms with Gasteiger partial charge < -0.3 is 78.9 Å². The van der Waals surface area contributed by atoms with Crippen LogP contribution >= 0.6 is 0 Å². The van der Waals surface area contributed by atoms with Gasteiger partial charge in [0.15, 0.2) is 23.5 Å². The fourth-order valence-electron chi connectivity index (χ4n) is 6.66. The van der Waals surface area contributed by atoms with Crippen LogP contribution in [-0.2, 0) is 28.6 Å². The van der Waals surface area contributed by atoms with E-state index in [1.54, 1.807) is 36.4 Å². The Labute approximate surface area is 280 Å². The first-order chi connectivity index (χ1) is 23.6. The summed E-state index contributed by atoms with van der Waals surface area (Å²) in [6.45, 7) is -0.311. The van der Waals surface area contributed by atoms with Gasteiger partial charge in [-0.2, -0.15) is 4.89 Å². The molecule has 272 valence electrons. The summed E-state index contributed by atoms with van der Waals surface area (Å²) in [6, 6.07) is 10.2. The van der Waals surface area contributed by atoms with Gasteiger partial charge in [0.05, 0.1) is 52.9 Å². The number of methoxy groups -OCH3 is 2. The molecule has 4 aliphatic heterocycles. The van der Waals surface area contributed by atoms with Crippen molar-refractivity contribution in [1.82, 2.24) is 0 Å². The average molecular weight is 699 g/mol. The predicted octanol–water partition coefficient (Wildman–Crippen LogP) is -1.58. The summed E-state index contributed by atoms with van der Waals surface area (Å²) >= 11 is 0. The maximum atomic E-state index is 10.5. The minimum absolute atomic E-state index is 0.0263. The van der Waals surface area contributed by atoms with E-state index in [1.165, 1.54) is 14.2 Å². The molecule has 0 saturated carbocycles. The van der Waals surface area contributed by atoms with E-state index >= 15 is 0 Å². The molecule has 14 atom stereocenters. The van der Waals surface area contributed by atoms with Crippen LogP contribution in [0, 0.1) is 11.8 Å². The highest BCUT2D eigenvalue weighted by molar-refractivity contribution is 5.45. The maximum absolute atomic E-state index is 10.5. The molecule has 0 radical (unpaired) electrons. The molecule has 0 aliphatic carbocycles. The van der Waals surface area contributed by atoms with Crippen molar-refractivity contribution in [2.24, 2.45) is 11.8 Å². The van der Waals surface area contributed by atoms with Crippen molar-refractivity contribution in [3.05, 3.63) is 47.5 Å². The van der Waals surface area contributed by atoms with Crippen molar-refractivity contribution < 1.29 is 83.8 Å². The summed E-state index contributed by atoms with van der Waals surface area (Å²) in [6.07, 6.45) is -16.4. The van der Waals surface area contributed by atoms with Crippen LogP contribution in [0.1, 0.15) is 23.3 Å². The summed E-state index contributed by atoms with van der Waals surface area (Å²) in [7, 11) is 2.91. The lowest BCUT2D eigenvalue weighted by molar-refractivity contribution is -0.392. The Balaban J connectivity index is 1.08. The summed E-state index contributed by atoms with van der Waals surface area (Å²) in [5, 5.41) is 81.1. The van der Waals surface area contributed by atoms with E-state index in [-0.39, 0.29) is 41.3 Å². The van der Waals surface area contributed by atoms with Gasteiger partial charge in [-0.3, -0.25) is 0 Å². The lowest BCUT2D eigenvalue weighted by atomic mass is 9.85. The SMILES string of the molecule is COc1cc([C@H]2OC[C@H]3[C@@H]2CO[C@@H]3c2ccc(OO[C@@H]3O[C@H](CO[C@@H]4O[C@H](CO)[C@@H](O)[C@H](O)[C@H]4O)[C@@H](O)[C@H](O)[C@H]3O)c(OC)c2)ccc1O. The Morgan fingerprint density at radius 2 is 1.20 bits per heavy atom. The van der Waals surface area contributed by atoms with Gasteiger partial charge in [-0.05, 0) is 35.4 Å². The molecule has 2 aromatic carbocycles. The van der Waals surface area contributed by atoms with Crippen LogP contribution in [-0.4, -0.2) is 143 Å². The quantitative estimate of drug-likeness (QED) is 0.0975. The molecule has 0 bridgehead atoms. The summed E-state index contributed by atoms with van der Waals surface area (Å²) < 4.78 is 39.5. The molecule has 17 nitrogen and oxygen atoms in total. The van der Waals surface area contributed by atoms with E-state index < -0.39 is 74.6 Å². The molecule has 17 heteroatoms. The number of aliphatic hydroxyl groups is 7. The van der Waals surface area contributed by atoms with Crippen molar-refractivity contribution >= 4 is 0 Å². The third-order valence-electron chi connectivity index (χ3n) is 9.49. The molecule has 0 amide bonds. The number of phenolic OH excluding ortho intramolecular Hbond substituents is 1. The topological polar surface area (TPSA) is 245 Å². The van der Waals surface area contributed by atoms with Gasteiger partial charge in [-0.25, -0.2) is 0 Å². The van der Waals surface area contributed by atoms with Crippen molar-refractivity contribution in [3.8, 4) is 23.0 Å². The summed E-state index contributed by atoms with van der Waals surface area (Å²) in [4.78, 5) is 10.8. The summed E-state index contributed by atoms with van der Waals surface area (Å²) in [5.74, 6) is 0.835. The number of hydrogen-bond donors (Lipinski definition) is 8. The predicted molar refractivity (Wildman–Crippen MR) is 160 cm³/mol. The minimum Gasteiger partial charge on any atom is -0.504 e. The number of rotatable bonds is 11. The molecule has 8 N–H and O–H groups in total. The second-order valence-electron chi connectivity index (χ2n) is 12.4. The first-order valence-electron chi connectivity index (χ1n) is 15.8. The van der Waals surface area contributed by atoms with Crippen LogP contribution in [0.4, 0.5) is 0 Å². The zero-order valence-corrected chi connectivity index (χ0v) is 26.6. The van der Waals surface area contributed by atoms with E-state index in [1.807, 2.05) is 0 Å². The highest BCUT2D eigenvalue weighted by Crippen LogP contribution is 2.51. The number of benzene rings is 2. The molecule has 0 spiro atoms. The van der Waals surface area contributed by atoms with Gasteiger partial charge in [0, 0.05) is 11.8 Å². The number of ether oxygens (including phenoxy) is 7. The second kappa shape index (κ2) is 15.2. The standard InChI is InChI=1S/C32H42O17/c1-41-19-7-13(3-5-17(19)34)29-15-10-44-30(16(15)11-43-29)14-4-6-18(20(8-14)42-2)48-49-32-28(40)26(38)24(36)22(47-32)12-45-31-27(39)25(37)23(35)21(9-33)46-31/h3-8,15-16,21-40H,9-12H2,1-2H3/t15-,16-,21+,22+,23+,24+,25-,26-,27+,28+,29+,30+,31+,32-/m0/s1. The van der Waals surface area contributed by atoms with Crippen molar-refractivity contribution in [2.45, 2.75) is 73.6 Å². The van der Waals surface area contributed by atoms with Crippen molar-refractivity contribution in [2.75, 3.05) is 40.6 Å². The molecule has 4 heterocycles. The largest absolute Gasteiger partial charge is 0.504 e. The molecule has 0 aromatic heterocycles. The Morgan fingerprint density at radius 3 is 1.82 bits per heavy atom. The number of fused-ring (bicyclic) bond motifs is 1. The lowest BCUT2D eigenvalue weighted by Gasteiger charge is -2.42. The molecule has 4 aliphatic rings. The van der Waals surface area contributed by atoms with E-state index in [4.69, 9.17) is 42.9 Å².